The Morgan fingerprint density at radius 1 is 1.50 bits per heavy atom. The molecule has 0 spiro atoms. The molecule has 0 aromatic heterocycles. The van der Waals surface area contributed by atoms with Crippen LogP contribution in [0, 0.1) is 15.9 Å². The third-order valence-electron chi connectivity index (χ3n) is 2.44. The molecule has 0 radical (unpaired) electrons. The fourth-order valence-electron chi connectivity index (χ4n) is 1.78. The van der Waals surface area contributed by atoms with Gasteiger partial charge in [0.15, 0.2) is 11.5 Å². The lowest BCUT2D eigenvalue weighted by Gasteiger charge is -2.29. The Kier molecular flexibility index (Phi) is 4.24. The predicted octanol–water partition coefficient (Wildman–Crippen LogP) is 2.33. The molecule has 0 aliphatic rings. The van der Waals surface area contributed by atoms with Crippen molar-refractivity contribution in [1.29, 1.82) is 0 Å². The van der Waals surface area contributed by atoms with Crippen molar-refractivity contribution in [2.24, 2.45) is 0 Å². The van der Waals surface area contributed by atoms with E-state index in [0.29, 0.717) is 6.54 Å². The normalized spacial score (nSPS) is 11.4. The van der Waals surface area contributed by atoms with Crippen molar-refractivity contribution in [3.63, 3.8) is 0 Å². The summed E-state index contributed by atoms with van der Waals surface area (Å²) in [6.07, 6.45) is 0. The van der Waals surface area contributed by atoms with Gasteiger partial charge in [-0.15, -0.1) is 0 Å². The van der Waals surface area contributed by atoms with Crippen LogP contribution in [0.4, 0.5) is 15.8 Å². The molecule has 0 amide bonds. The molecular weight excluding hydrogens is 239 g/mol. The van der Waals surface area contributed by atoms with Gasteiger partial charge in [-0.05, 0) is 26.8 Å². The second-order valence-corrected chi connectivity index (χ2v) is 4.69. The number of hydrogen-bond donors (Lipinski definition) is 1. The average Bonchev–Trinajstić information content (AvgIpc) is 2.24. The molecule has 5 nitrogen and oxygen atoms in total. The third-order valence-corrected chi connectivity index (χ3v) is 2.44. The molecule has 1 rings (SSSR count). The summed E-state index contributed by atoms with van der Waals surface area (Å²) >= 11 is 0. The van der Waals surface area contributed by atoms with Crippen molar-refractivity contribution >= 4 is 11.4 Å². The van der Waals surface area contributed by atoms with E-state index in [1.807, 2.05) is 0 Å². The van der Waals surface area contributed by atoms with E-state index in [1.165, 1.54) is 23.1 Å². The number of anilines is 1. The molecule has 1 aromatic rings. The number of hydrogen-bond acceptors (Lipinski definition) is 4. The zero-order valence-corrected chi connectivity index (χ0v) is 10.7. The summed E-state index contributed by atoms with van der Waals surface area (Å²) < 4.78 is 13.8. The lowest BCUT2D eigenvalue weighted by molar-refractivity contribution is -0.384. The quantitative estimate of drug-likeness (QED) is 0.648. The molecule has 0 aliphatic carbocycles. The number of nitrogens with zero attached hydrogens (tertiary/aromatic N) is 2. The Morgan fingerprint density at radius 2 is 2.11 bits per heavy atom. The summed E-state index contributed by atoms with van der Waals surface area (Å²) in [5, 5.41) is 20.7. The summed E-state index contributed by atoms with van der Waals surface area (Å²) in [7, 11) is 0. The van der Waals surface area contributed by atoms with Gasteiger partial charge in [-0.2, -0.15) is 0 Å². The predicted molar refractivity (Wildman–Crippen MR) is 67.2 cm³/mol. The lowest BCUT2D eigenvalue weighted by Crippen LogP contribution is -2.39. The van der Waals surface area contributed by atoms with Crippen molar-refractivity contribution in [3.05, 3.63) is 34.1 Å². The largest absolute Gasteiger partial charge is 0.389 e. The van der Waals surface area contributed by atoms with Crippen molar-refractivity contribution in [3.8, 4) is 0 Å². The van der Waals surface area contributed by atoms with Crippen LogP contribution in [0.3, 0.4) is 0 Å². The maximum Gasteiger partial charge on any atom is 0.295 e. The van der Waals surface area contributed by atoms with Crippen molar-refractivity contribution in [2.45, 2.75) is 26.4 Å². The Hall–Kier alpha value is -1.69. The standard InChI is InChI=1S/C12H17FN2O3/c1-4-14(8-12(2,3)16)11-9(13)6-5-7-10(11)15(17)18/h5-7,16H,4,8H2,1-3H3. The maximum absolute atomic E-state index is 13.8. The van der Waals surface area contributed by atoms with Crippen molar-refractivity contribution in [1.82, 2.24) is 0 Å². The van der Waals surface area contributed by atoms with E-state index >= 15 is 0 Å². The van der Waals surface area contributed by atoms with Gasteiger partial charge in [-0.25, -0.2) is 4.39 Å². The van der Waals surface area contributed by atoms with Crippen LogP contribution in [-0.2, 0) is 0 Å². The smallest absolute Gasteiger partial charge is 0.295 e. The van der Waals surface area contributed by atoms with E-state index in [2.05, 4.69) is 0 Å². The van der Waals surface area contributed by atoms with Crippen LogP contribution in [0.5, 0.6) is 0 Å². The first-order valence-corrected chi connectivity index (χ1v) is 5.66. The molecule has 1 aromatic carbocycles. The first-order valence-electron chi connectivity index (χ1n) is 5.66. The van der Waals surface area contributed by atoms with Gasteiger partial charge in [0.05, 0.1) is 10.5 Å². The second kappa shape index (κ2) is 5.30. The van der Waals surface area contributed by atoms with Gasteiger partial charge in [0.25, 0.3) is 5.69 Å². The number of nitro benzene ring substituents is 1. The number of rotatable bonds is 5. The number of halogens is 1. The summed E-state index contributed by atoms with van der Waals surface area (Å²) in [5.41, 5.74) is -1.43. The number of likely N-dealkylation sites (N-methyl/N-ethyl adjacent to an activating group) is 1. The SMILES string of the molecule is CCN(CC(C)(C)O)c1c(F)cccc1[N+](=O)[O-]. The molecule has 1 N–H and O–H groups in total. The Balaban J connectivity index is 3.24. The van der Waals surface area contributed by atoms with Gasteiger partial charge in [0.2, 0.25) is 0 Å². The Bertz CT molecular complexity index is 443. The molecule has 6 heteroatoms. The van der Waals surface area contributed by atoms with Crippen LogP contribution in [0.2, 0.25) is 0 Å². The Labute approximate surface area is 105 Å². The number of para-hydroxylation sites is 1. The molecule has 0 heterocycles. The van der Waals surface area contributed by atoms with E-state index in [0.717, 1.165) is 0 Å². The highest BCUT2D eigenvalue weighted by Crippen LogP contribution is 2.31. The van der Waals surface area contributed by atoms with Crippen LogP contribution in [0.25, 0.3) is 0 Å². The molecule has 0 saturated carbocycles. The van der Waals surface area contributed by atoms with Crippen LogP contribution in [-0.4, -0.2) is 28.7 Å². The number of benzene rings is 1. The molecule has 0 atom stereocenters. The van der Waals surface area contributed by atoms with E-state index < -0.39 is 16.3 Å². The van der Waals surface area contributed by atoms with Crippen molar-refractivity contribution in [2.75, 3.05) is 18.0 Å². The molecule has 0 unspecified atom stereocenters. The van der Waals surface area contributed by atoms with E-state index in [-0.39, 0.29) is 17.9 Å². The topological polar surface area (TPSA) is 66.6 Å². The van der Waals surface area contributed by atoms with Crippen molar-refractivity contribution < 1.29 is 14.4 Å². The van der Waals surface area contributed by atoms with E-state index in [4.69, 9.17) is 0 Å². The zero-order valence-electron chi connectivity index (χ0n) is 10.7. The summed E-state index contributed by atoms with van der Waals surface area (Å²) in [6.45, 7) is 5.38. The van der Waals surface area contributed by atoms with Crippen LogP contribution in [0.15, 0.2) is 18.2 Å². The first-order chi connectivity index (χ1) is 8.26. The molecule has 100 valence electrons. The van der Waals surface area contributed by atoms with Gasteiger partial charge < -0.3 is 10.0 Å². The van der Waals surface area contributed by atoms with Gasteiger partial charge >= 0.3 is 0 Å². The fraction of sp³-hybridized carbons (Fsp3) is 0.500. The minimum Gasteiger partial charge on any atom is -0.389 e. The Morgan fingerprint density at radius 3 is 2.56 bits per heavy atom. The highest BCUT2D eigenvalue weighted by Gasteiger charge is 2.26. The van der Waals surface area contributed by atoms with Crippen LogP contribution in [0.1, 0.15) is 20.8 Å². The molecule has 0 aliphatic heterocycles. The minimum atomic E-state index is -1.06. The molecular formula is C12H17FN2O3. The van der Waals surface area contributed by atoms with Gasteiger partial charge in [-0.1, -0.05) is 6.07 Å². The molecule has 0 fully saturated rings. The average molecular weight is 256 g/mol. The fourth-order valence-corrected chi connectivity index (χ4v) is 1.78. The van der Waals surface area contributed by atoms with Crippen LogP contribution >= 0.6 is 0 Å². The highest BCUT2D eigenvalue weighted by molar-refractivity contribution is 5.64. The molecule has 0 bridgehead atoms. The van der Waals surface area contributed by atoms with E-state index in [9.17, 15) is 19.6 Å². The summed E-state index contributed by atoms with van der Waals surface area (Å²) in [6, 6.07) is 3.73. The number of aliphatic hydroxyl groups is 1. The summed E-state index contributed by atoms with van der Waals surface area (Å²) in [4.78, 5) is 11.8. The molecule has 18 heavy (non-hydrogen) atoms. The minimum absolute atomic E-state index is 0.0767. The second-order valence-electron chi connectivity index (χ2n) is 4.69. The van der Waals surface area contributed by atoms with Gasteiger partial charge in [0.1, 0.15) is 0 Å². The third kappa shape index (κ3) is 3.40. The first kappa shape index (κ1) is 14.4. The van der Waals surface area contributed by atoms with Gasteiger partial charge in [-0.3, -0.25) is 10.1 Å². The lowest BCUT2D eigenvalue weighted by atomic mass is 10.1. The van der Waals surface area contributed by atoms with Gasteiger partial charge in [0, 0.05) is 19.2 Å². The van der Waals surface area contributed by atoms with E-state index in [1.54, 1.807) is 20.8 Å². The monoisotopic (exact) mass is 256 g/mol. The molecule has 0 saturated heterocycles. The highest BCUT2D eigenvalue weighted by atomic mass is 19.1. The van der Waals surface area contributed by atoms with Crippen LogP contribution < -0.4 is 4.90 Å². The summed E-state index contributed by atoms with van der Waals surface area (Å²) in [5.74, 6) is -0.657. The maximum atomic E-state index is 13.8. The number of nitro groups is 1. The zero-order chi connectivity index (χ0) is 13.9.